The van der Waals surface area contributed by atoms with Crippen molar-refractivity contribution in [2.24, 2.45) is 0 Å². The lowest BCUT2D eigenvalue weighted by Gasteiger charge is -2.17. The Hall–Kier alpha value is -4.33. The quantitative estimate of drug-likeness (QED) is 0.438. The van der Waals surface area contributed by atoms with Crippen LogP contribution in [-0.4, -0.2) is 42.8 Å². The van der Waals surface area contributed by atoms with E-state index < -0.39 is 24.0 Å². The van der Waals surface area contributed by atoms with Gasteiger partial charge in [-0.15, -0.1) is 0 Å². The highest BCUT2D eigenvalue weighted by molar-refractivity contribution is 6.01. The first-order chi connectivity index (χ1) is 16.9. The zero-order valence-electron chi connectivity index (χ0n) is 19.4. The van der Waals surface area contributed by atoms with E-state index in [9.17, 15) is 19.5 Å². The summed E-state index contributed by atoms with van der Waals surface area (Å²) >= 11 is 0. The van der Waals surface area contributed by atoms with Crippen molar-refractivity contribution in [2.45, 2.75) is 25.3 Å². The largest absolute Gasteiger partial charge is 0.497 e. The SMILES string of the molecule is COc1ccc(NC(=O)C[C@@H](C)NC(=O)OCC2c3ccccc3-c3ccccc32)c(C(=O)O)c1. The maximum absolute atomic E-state index is 12.4. The summed E-state index contributed by atoms with van der Waals surface area (Å²) in [4.78, 5) is 36.4. The fraction of sp³-hybridized carbons (Fsp3) is 0.222. The molecule has 0 saturated heterocycles. The minimum absolute atomic E-state index is 0.0590. The van der Waals surface area contributed by atoms with Gasteiger partial charge in [-0.05, 0) is 47.4 Å². The molecular formula is C27H26N2O6. The second-order valence-electron chi connectivity index (χ2n) is 8.34. The average molecular weight is 475 g/mol. The summed E-state index contributed by atoms with van der Waals surface area (Å²) in [6, 6.07) is 19.9. The number of ether oxygens (including phenoxy) is 2. The third-order valence-corrected chi connectivity index (χ3v) is 5.93. The number of benzene rings is 3. The molecule has 0 bridgehead atoms. The minimum Gasteiger partial charge on any atom is -0.497 e. The topological polar surface area (TPSA) is 114 Å². The molecule has 180 valence electrons. The number of alkyl carbamates (subject to hydrolysis) is 1. The Kier molecular flexibility index (Phi) is 7.01. The fourth-order valence-corrected chi connectivity index (χ4v) is 4.31. The van der Waals surface area contributed by atoms with Gasteiger partial charge in [0.2, 0.25) is 5.91 Å². The Bertz CT molecular complexity index is 1230. The van der Waals surface area contributed by atoms with Gasteiger partial charge in [0.05, 0.1) is 18.4 Å². The van der Waals surface area contributed by atoms with Crippen molar-refractivity contribution in [2.75, 3.05) is 19.0 Å². The summed E-state index contributed by atoms with van der Waals surface area (Å²) in [6.45, 7) is 1.85. The van der Waals surface area contributed by atoms with Gasteiger partial charge in [-0.25, -0.2) is 9.59 Å². The van der Waals surface area contributed by atoms with Gasteiger partial charge in [0.15, 0.2) is 0 Å². The number of methoxy groups -OCH3 is 1. The van der Waals surface area contributed by atoms with Crippen molar-refractivity contribution in [3.05, 3.63) is 83.4 Å². The van der Waals surface area contributed by atoms with Gasteiger partial charge in [0.1, 0.15) is 12.4 Å². The smallest absolute Gasteiger partial charge is 0.407 e. The standard InChI is InChI=1S/C27H26N2O6/c1-16(13-25(30)29-24-12-11-17(34-2)14-22(24)26(31)32)28-27(33)35-15-23-20-9-5-3-7-18(20)19-8-4-6-10-21(19)23/h3-12,14,16,23H,13,15H2,1-2H3,(H,28,33)(H,29,30)(H,31,32)/t16-/m1/s1. The van der Waals surface area contributed by atoms with E-state index in [1.165, 1.54) is 19.2 Å². The van der Waals surface area contributed by atoms with Gasteiger partial charge in [0, 0.05) is 18.4 Å². The van der Waals surface area contributed by atoms with Crippen LogP contribution in [0.25, 0.3) is 11.1 Å². The summed E-state index contributed by atoms with van der Waals surface area (Å²) < 4.78 is 10.5. The molecule has 8 heteroatoms. The molecule has 0 heterocycles. The normalized spacial score (nSPS) is 12.7. The lowest BCUT2D eigenvalue weighted by molar-refractivity contribution is -0.116. The molecule has 0 fully saturated rings. The molecule has 0 unspecified atom stereocenters. The van der Waals surface area contributed by atoms with Crippen LogP contribution in [0.5, 0.6) is 5.75 Å². The van der Waals surface area contributed by atoms with Crippen LogP contribution >= 0.6 is 0 Å². The van der Waals surface area contributed by atoms with Crippen molar-refractivity contribution in [3.63, 3.8) is 0 Å². The fourth-order valence-electron chi connectivity index (χ4n) is 4.31. The van der Waals surface area contributed by atoms with Crippen LogP contribution in [0.4, 0.5) is 10.5 Å². The molecule has 1 aliphatic rings. The van der Waals surface area contributed by atoms with E-state index in [4.69, 9.17) is 9.47 Å². The molecule has 0 spiro atoms. The zero-order chi connectivity index (χ0) is 24.9. The van der Waals surface area contributed by atoms with Crippen LogP contribution in [-0.2, 0) is 9.53 Å². The number of anilines is 1. The van der Waals surface area contributed by atoms with E-state index in [0.717, 1.165) is 22.3 Å². The van der Waals surface area contributed by atoms with Crippen LogP contribution in [0.15, 0.2) is 66.7 Å². The van der Waals surface area contributed by atoms with Gasteiger partial charge >= 0.3 is 12.1 Å². The van der Waals surface area contributed by atoms with Crippen molar-refractivity contribution in [1.82, 2.24) is 5.32 Å². The van der Waals surface area contributed by atoms with E-state index in [2.05, 4.69) is 22.8 Å². The van der Waals surface area contributed by atoms with Gasteiger partial charge in [-0.3, -0.25) is 4.79 Å². The highest BCUT2D eigenvalue weighted by Crippen LogP contribution is 2.44. The van der Waals surface area contributed by atoms with Crippen molar-refractivity contribution in [1.29, 1.82) is 0 Å². The van der Waals surface area contributed by atoms with Crippen LogP contribution in [0.3, 0.4) is 0 Å². The number of hydrogen-bond donors (Lipinski definition) is 3. The molecule has 0 saturated carbocycles. The summed E-state index contributed by atoms with van der Waals surface area (Å²) in [5, 5.41) is 14.6. The van der Waals surface area contributed by atoms with Crippen LogP contribution in [0.2, 0.25) is 0 Å². The van der Waals surface area contributed by atoms with Gasteiger partial charge in [-0.1, -0.05) is 48.5 Å². The molecule has 0 aliphatic heterocycles. The molecule has 0 radical (unpaired) electrons. The average Bonchev–Trinajstić information content (AvgIpc) is 3.16. The number of amides is 2. The number of rotatable bonds is 8. The van der Waals surface area contributed by atoms with E-state index in [1.54, 1.807) is 13.0 Å². The first-order valence-electron chi connectivity index (χ1n) is 11.2. The Labute approximate surface area is 202 Å². The molecule has 1 atom stereocenters. The van der Waals surface area contributed by atoms with Crippen molar-refractivity contribution < 1.29 is 29.0 Å². The Balaban J connectivity index is 1.32. The summed E-state index contributed by atoms with van der Waals surface area (Å²) in [5.74, 6) is -1.32. The molecular weight excluding hydrogens is 448 g/mol. The number of nitrogens with one attached hydrogen (secondary N) is 2. The number of carbonyl (C=O) groups is 3. The number of carboxylic acids is 1. The second-order valence-corrected chi connectivity index (χ2v) is 8.34. The molecule has 0 aromatic heterocycles. The van der Waals surface area contributed by atoms with E-state index in [1.807, 2.05) is 36.4 Å². The first kappa shape index (κ1) is 23.8. The molecule has 4 rings (SSSR count). The van der Waals surface area contributed by atoms with E-state index in [-0.39, 0.29) is 30.2 Å². The van der Waals surface area contributed by atoms with Crippen LogP contribution < -0.4 is 15.4 Å². The minimum atomic E-state index is -1.19. The van der Waals surface area contributed by atoms with Gasteiger partial charge in [0.25, 0.3) is 0 Å². The Morgan fingerprint density at radius 2 is 1.60 bits per heavy atom. The van der Waals surface area contributed by atoms with E-state index >= 15 is 0 Å². The predicted octanol–water partition coefficient (Wildman–Crippen LogP) is 4.65. The first-order valence-corrected chi connectivity index (χ1v) is 11.2. The number of hydrogen-bond acceptors (Lipinski definition) is 5. The third kappa shape index (κ3) is 5.27. The summed E-state index contributed by atoms with van der Waals surface area (Å²) in [6.07, 6.45) is -0.683. The summed E-state index contributed by atoms with van der Waals surface area (Å²) in [5.41, 5.74) is 4.57. The maximum atomic E-state index is 12.4. The molecule has 3 N–H and O–H groups in total. The molecule has 1 aliphatic carbocycles. The van der Waals surface area contributed by atoms with Gasteiger partial charge < -0.3 is 25.2 Å². The Morgan fingerprint density at radius 3 is 2.20 bits per heavy atom. The molecule has 35 heavy (non-hydrogen) atoms. The highest BCUT2D eigenvalue weighted by atomic mass is 16.5. The Morgan fingerprint density at radius 1 is 0.971 bits per heavy atom. The predicted molar refractivity (Wildman–Crippen MR) is 131 cm³/mol. The molecule has 8 nitrogen and oxygen atoms in total. The van der Waals surface area contributed by atoms with E-state index in [0.29, 0.717) is 5.75 Å². The monoisotopic (exact) mass is 474 g/mol. The second kappa shape index (κ2) is 10.3. The van der Waals surface area contributed by atoms with Crippen molar-refractivity contribution >= 4 is 23.7 Å². The molecule has 2 amide bonds. The zero-order valence-corrected chi connectivity index (χ0v) is 19.4. The third-order valence-electron chi connectivity index (χ3n) is 5.93. The number of carboxylic acid groups (broad SMARTS) is 1. The highest BCUT2D eigenvalue weighted by Gasteiger charge is 2.29. The molecule has 3 aromatic rings. The number of fused-ring (bicyclic) bond motifs is 3. The summed E-state index contributed by atoms with van der Waals surface area (Å²) in [7, 11) is 1.43. The lowest BCUT2D eigenvalue weighted by atomic mass is 9.98. The maximum Gasteiger partial charge on any atom is 0.407 e. The van der Waals surface area contributed by atoms with Crippen LogP contribution in [0, 0.1) is 0 Å². The van der Waals surface area contributed by atoms with Crippen LogP contribution in [0.1, 0.15) is 40.7 Å². The number of carbonyl (C=O) groups excluding carboxylic acids is 2. The molecule has 3 aromatic carbocycles. The lowest BCUT2D eigenvalue weighted by Crippen LogP contribution is -2.36. The number of aromatic carboxylic acids is 1. The van der Waals surface area contributed by atoms with Crippen molar-refractivity contribution in [3.8, 4) is 16.9 Å². The van der Waals surface area contributed by atoms with Gasteiger partial charge in [-0.2, -0.15) is 0 Å².